The molecule has 0 unspecified atom stereocenters. The van der Waals surface area contributed by atoms with Gasteiger partial charge in [0.05, 0.1) is 23.6 Å². The van der Waals surface area contributed by atoms with Crippen molar-refractivity contribution in [1.29, 1.82) is 0 Å². The molecule has 2 aromatic carbocycles. The van der Waals surface area contributed by atoms with Gasteiger partial charge in [-0.25, -0.2) is 0 Å². The number of piperidine rings is 1. The van der Waals surface area contributed by atoms with Gasteiger partial charge >= 0.3 is 5.97 Å². The fourth-order valence-electron chi connectivity index (χ4n) is 3.97. The standard InChI is InChI=1S/C24H25N3O3/c1-3-30-24(29)18-11-13-27(14-12-18)23(28)21-19-15-16(2)9-10-20(19)25-26-22(21)17-7-5-4-6-8-17/h4-10,15,18H,3,11-14H2,1-2H3. The summed E-state index contributed by atoms with van der Waals surface area (Å²) in [7, 11) is 0. The van der Waals surface area contributed by atoms with E-state index in [9.17, 15) is 9.59 Å². The molecule has 0 atom stereocenters. The molecule has 30 heavy (non-hydrogen) atoms. The number of ether oxygens (including phenoxy) is 1. The summed E-state index contributed by atoms with van der Waals surface area (Å²) >= 11 is 0. The van der Waals surface area contributed by atoms with E-state index >= 15 is 0 Å². The predicted octanol–water partition coefficient (Wildman–Crippen LogP) is 4.02. The Hall–Kier alpha value is -3.28. The van der Waals surface area contributed by atoms with Crippen molar-refractivity contribution in [3.8, 4) is 11.3 Å². The van der Waals surface area contributed by atoms with Crippen molar-refractivity contribution in [2.45, 2.75) is 26.7 Å². The Bertz CT molecular complexity index is 1070. The second-order valence-electron chi connectivity index (χ2n) is 7.63. The molecule has 1 saturated heterocycles. The van der Waals surface area contributed by atoms with E-state index in [1.165, 1.54) is 0 Å². The van der Waals surface area contributed by atoms with Gasteiger partial charge < -0.3 is 9.64 Å². The monoisotopic (exact) mass is 403 g/mol. The van der Waals surface area contributed by atoms with E-state index in [2.05, 4.69) is 10.2 Å². The highest BCUT2D eigenvalue weighted by Crippen LogP contribution is 2.30. The van der Waals surface area contributed by atoms with Crippen molar-refractivity contribution in [2.24, 2.45) is 5.92 Å². The van der Waals surface area contributed by atoms with Crippen LogP contribution in [0.4, 0.5) is 0 Å². The van der Waals surface area contributed by atoms with Crippen molar-refractivity contribution in [2.75, 3.05) is 19.7 Å². The highest BCUT2D eigenvalue weighted by atomic mass is 16.5. The molecule has 0 saturated carbocycles. The first kappa shape index (κ1) is 20.0. The van der Waals surface area contributed by atoms with E-state index in [4.69, 9.17) is 4.74 Å². The lowest BCUT2D eigenvalue weighted by molar-refractivity contribution is -0.149. The number of hydrogen-bond donors (Lipinski definition) is 0. The van der Waals surface area contributed by atoms with E-state index in [-0.39, 0.29) is 17.8 Å². The number of carbonyl (C=O) groups excluding carboxylic acids is 2. The Kier molecular flexibility index (Phi) is 5.74. The van der Waals surface area contributed by atoms with Gasteiger partial charge in [0.15, 0.2) is 0 Å². The first-order chi connectivity index (χ1) is 14.6. The summed E-state index contributed by atoms with van der Waals surface area (Å²) in [6.45, 7) is 5.23. The van der Waals surface area contributed by atoms with Crippen molar-refractivity contribution < 1.29 is 14.3 Å². The number of aryl methyl sites for hydroxylation is 1. The van der Waals surface area contributed by atoms with Crippen molar-refractivity contribution in [3.05, 3.63) is 59.7 Å². The summed E-state index contributed by atoms with van der Waals surface area (Å²) in [5.41, 5.74) is 3.78. The van der Waals surface area contributed by atoms with Crippen LogP contribution in [0.25, 0.3) is 22.2 Å². The smallest absolute Gasteiger partial charge is 0.309 e. The Morgan fingerprint density at radius 1 is 1.07 bits per heavy atom. The maximum atomic E-state index is 13.7. The number of carbonyl (C=O) groups is 2. The van der Waals surface area contributed by atoms with Gasteiger partial charge in [-0.15, -0.1) is 10.2 Å². The number of esters is 1. The van der Waals surface area contributed by atoms with Crippen LogP contribution in [0.5, 0.6) is 0 Å². The summed E-state index contributed by atoms with van der Waals surface area (Å²) in [5.74, 6) is -0.375. The van der Waals surface area contributed by atoms with Crippen LogP contribution in [0, 0.1) is 12.8 Å². The number of hydrogen-bond acceptors (Lipinski definition) is 5. The summed E-state index contributed by atoms with van der Waals surface area (Å²) in [6, 6.07) is 15.5. The maximum absolute atomic E-state index is 13.7. The average Bonchev–Trinajstić information content (AvgIpc) is 2.78. The lowest BCUT2D eigenvalue weighted by Gasteiger charge is -2.31. The van der Waals surface area contributed by atoms with Crippen molar-refractivity contribution >= 4 is 22.8 Å². The van der Waals surface area contributed by atoms with E-state index in [1.54, 1.807) is 0 Å². The molecule has 3 aromatic rings. The van der Waals surface area contributed by atoms with Crippen LogP contribution in [0.15, 0.2) is 48.5 Å². The average molecular weight is 403 g/mol. The Labute approximate surface area is 175 Å². The molecule has 0 radical (unpaired) electrons. The quantitative estimate of drug-likeness (QED) is 0.615. The maximum Gasteiger partial charge on any atom is 0.309 e. The first-order valence-corrected chi connectivity index (χ1v) is 10.4. The van der Waals surface area contributed by atoms with Gasteiger partial charge in [0, 0.05) is 24.0 Å². The van der Waals surface area contributed by atoms with Crippen LogP contribution < -0.4 is 0 Å². The minimum Gasteiger partial charge on any atom is -0.466 e. The molecule has 0 bridgehead atoms. The van der Waals surface area contributed by atoms with Crippen molar-refractivity contribution in [1.82, 2.24) is 15.1 Å². The SMILES string of the molecule is CCOC(=O)C1CCN(C(=O)c2c(-c3ccccc3)nnc3ccc(C)cc23)CC1. The van der Waals surface area contributed by atoms with Crippen LogP contribution in [0.3, 0.4) is 0 Å². The Morgan fingerprint density at radius 2 is 1.80 bits per heavy atom. The molecule has 0 aliphatic carbocycles. The van der Waals surface area contributed by atoms with E-state index in [0.717, 1.165) is 16.5 Å². The lowest BCUT2D eigenvalue weighted by atomic mass is 9.95. The van der Waals surface area contributed by atoms with Crippen LogP contribution in [-0.2, 0) is 9.53 Å². The molecule has 2 heterocycles. The fourth-order valence-corrected chi connectivity index (χ4v) is 3.97. The first-order valence-electron chi connectivity index (χ1n) is 10.4. The number of likely N-dealkylation sites (tertiary alicyclic amines) is 1. The third-order valence-electron chi connectivity index (χ3n) is 5.58. The molecule has 4 rings (SSSR count). The number of benzene rings is 2. The van der Waals surface area contributed by atoms with Crippen LogP contribution in [0.2, 0.25) is 0 Å². The van der Waals surface area contributed by atoms with Crippen LogP contribution in [-0.4, -0.2) is 46.7 Å². The molecule has 6 nitrogen and oxygen atoms in total. The van der Waals surface area contributed by atoms with E-state index < -0.39 is 0 Å². The zero-order valence-corrected chi connectivity index (χ0v) is 17.3. The molecule has 1 aromatic heterocycles. The predicted molar refractivity (Wildman–Crippen MR) is 115 cm³/mol. The fraction of sp³-hybridized carbons (Fsp3) is 0.333. The third kappa shape index (κ3) is 3.90. The minimum absolute atomic E-state index is 0.0679. The molecule has 1 aliphatic heterocycles. The highest BCUT2D eigenvalue weighted by molar-refractivity contribution is 6.10. The minimum atomic E-state index is -0.166. The van der Waals surface area contributed by atoms with Gasteiger partial charge in [0.25, 0.3) is 5.91 Å². The molecule has 154 valence electrons. The number of fused-ring (bicyclic) bond motifs is 1. The molecule has 1 aliphatic rings. The Morgan fingerprint density at radius 3 is 2.50 bits per heavy atom. The molecule has 0 N–H and O–H groups in total. The molecule has 1 fully saturated rings. The second-order valence-corrected chi connectivity index (χ2v) is 7.63. The van der Waals surface area contributed by atoms with Crippen molar-refractivity contribution in [3.63, 3.8) is 0 Å². The summed E-state index contributed by atoms with van der Waals surface area (Å²) in [5, 5.41) is 9.59. The number of amides is 1. The summed E-state index contributed by atoms with van der Waals surface area (Å²) < 4.78 is 5.15. The van der Waals surface area contributed by atoms with Gasteiger partial charge in [-0.05, 0) is 38.8 Å². The van der Waals surface area contributed by atoms with Crippen LogP contribution >= 0.6 is 0 Å². The van der Waals surface area contributed by atoms with Gasteiger partial charge in [-0.3, -0.25) is 9.59 Å². The van der Waals surface area contributed by atoms with Crippen LogP contribution in [0.1, 0.15) is 35.7 Å². The zero-order valence-electron chi connectivity index (χ0n) is 17.3. The highest BCUT2D eigenvalue weighted by Gasteiger charge is 2.31. The number of nitrogens with zero attached hydrogens (tertiary/aromatic N) is 3. The van der Waals surface area contributed by atoms with E-state index in [0.29, 0.717) is 49.3 Å². The normalized spacial score (nSPS) is 14.7. The molecule has 6 heteroatoms. The van der Waals surface area contributed by atoms with Gasteiger partial charge in [-0.1, -0.05) is 42.0 Å². The molecule has 1 amide bonds. The third-order valence-corrected chi connectivity index (χ3v) is 5.58. The summed E-state index contributed by atoms with van der Waals surface area (Å²) in [6.07, 6.45) is 1.22. The zero-order chi connectivity index (χ0) is 21.1. The molecular formula is C24H25N3O3. The molecule has 0 spiro atoms. The Balaban J connectivity index is 1.71. The van der Waals surface area contributed by atoms with E-state index in [1.807, 2.05) is 67.3 Å². The van der Waals surface area contributed by atoms with Gasteiger partial charge in [0.1, 0.15) is 5.69 Å². The van der Waals surface area contributed by atoms with Gasteiger partial charge in [0.2, 0.25) is 0 Å². The molecular weight excluding hydrogens is 378 g/mol. The van der Waals surface area contributed by atoms with Gasteiger partial charge in [-0.2, -0.15) is 0 Å². The lowest BCUT2D eigenvalue weighted by Crippen LogP contribution is -2.41. The summed E-state index contributed by atoms with van der Waals surface area (Å²) in [4.78, 5) is 27.5. The second kappa shape index (κ2) is 8.61. The largest absolute Gasteiger partial charge is 0.466 e. The number of aromatic nitrogens is 2. The topological polar surface area (TPSA) is 72.4 Å². The number of rotatable bonds is 4.